The summed E-state index contributed by atoms with van der Waals surface area (Å²) in [6.45, 7) is 0.927. The maximum Gasteiger partial charge on any atom is 0.335 e. The Kier molecular flexibility index (Phi) is 4.78. The quantitative estimate of drug-likeness (QED) is 0.787. The summed E-state index contributed by atoms with van der Waals surface area (Å²) in [4.78, 5) is 22.6. The monoisotopic (exact) mass is 308 g/mol. The highest BCUT2D eigenvalue weighted by atomic mass is 35.5. The molecule has 3 N–H and O–H groups in total. The van der Waals surface area contributed by atoms with Gasteiger partial charge in [-0.15, -0.1) is 0 Å². The fourth-order valence-electron chi connectivity index (χ4n) is 1.68. The van der Waals surface area contributed by atoms with Crippen molar-refractivity contribution in [3.05, 3.63) is 47.2 Å². The molecule has 110 valence electrons. The molecule has 21 heavy (non-hydrogen) atoms. The van der Waals surface area contributed by atoms with Crippen LogP contribution in [0.3, 0.4) is 0 Å². The normalized spacial score (nSPS) is 10.1. The molecular formula is C13H13ClN4O3. The molecular weight excluding hydrogens is 296 g/mol. The Labute approximate surface area is 125 Å². The number of hydrogen-bond donors (Lipinski definition) is 3. The highest BCUT2D eigenvalue weighted by molar-refractivity contribution is 6.31. The predicted octanol–water partition coefficient (Wildman–Crippen LogP) is 2.06. The van der Waals surface area contributed by atoms with Crippen molar-refractivity contribution in [2.75, 3.05) is 11.9 Å². The van der Waals surface area contributed by atoms with Crippen LogP contribution >= 0.6 is 11.6 Å². The molecule has 0 aliphatic carbocycles. The van der Waals surface area contributed by atoms with E-state index in [2.05, 4.69) is 15.7 Å². The minimum Gasteiger partial charge on any atom is -0.478 e. The summed E-state index contributed by atoms with van der Waals surface area (Å²) in [6, 6.07) is 5.47. The standard InChI is InChI=1S/C13H13ClN4O3/c14-10-6-9(12(19)20)7-11(8-10)17-13(21)15-3-5-18-4-1-2-16-18/h1-2,4,6-8H,3,5H2,(H,19,20)(H2,15,17,21). The first-order valence-electron chi connectivity index (χ1n) is 6.11. The van der Waals surface area contributed by atoms with Crippen LogP contribution in [0.2, 0.25) is 5.02 Å². The predicted molar refractivity (Wildman–Crippen MR) is 77.7 cm³/mol. The molecule has 0 aliphatic rings. The van der Waals surface area contributed by atoms with Gasteiger partial charge in [0.1, 0.15) is 0 Å². The Hall–Kier alpha value is -2.54. The number of nitrogens with zero attached hydrogens (tertiary/aromatic N) is 2. The molecule has 2 aromatic rings. The molecule has 2 rings (SSSR count). The van der Waals surface area contributed by atoms with E-state index in [1.807, 2.05) is 0 Å². The Morgan fingerprint density at radius 1 is 1.33 bits per heavy atom. The van der Waals surface area contributed by atoms with Gasteiger partial charge in [-0.1, -0.05) is 11.6 Å². The molecule has 0 spiro atoms. The number of aromatic nitrogens is 2. The van der Waals surface area contributed by atoms with E-state index in [1.165, 1.54) is 18.2 Å². The molecule has 0 saturated heterocycles. The van der Waals surface area contributed by atoms with Gasteiger partial charge in [0.15, 0.2) is 0 Å². The highest BCUT2D eigenvalue weighted by Gasteiger charge is 2.08. The number of carboxylic acids is 1. The number of rotatable bonds is 5. The summed E-state index contributed by atoms with van der Waals surface area (Å²) < 4.78 is 1.68. The van der Waals surface area contributed by atoms with Gasteiger partial charge in [0.05, 0.1) is 12.1 Å². The lowest BCUT2D eigenvalue weighted by molar-refractivity contribution is 0.0697. The second kappa shape index (κ2) is 6.76. The Morgan fingerprint density at radius 3 is 2.81 bits per heavy atom. The van der Waals surface area contributed by atoms with Crippen molar-refractivity contribution in [1.29, 1.82) is 0 Å². The van der Waals surface area contributed by atoms with Crippen LogP contribution in [0.1, 0.15) is 10.4 Å². The Balaban J connectivity index is 1.88. The summed E-state index contributed by atoms with van der Waals surface area (Å²) in [5.74, 6) is -1.11. The van der Waals surface area contributed by atoms with Crippen molar-refractivity contribution in [1.82, 2.24) is 15.1 Å². The van der Waals surface area contributed by atoms with Crippen LogP contribution < -0.4 is 10.6 Å². The van der Waals surface area contributed by atoms with Crippen molar-refractivity contribution < 1.29 is 14.7 Å². The number of carbonyl (C=O) groups excluding carboxylic acids is 1. The van der Waals surface area contributed by atoms with E-state index >= 15 is 0 Å². The van der Waals surface area contributed by atoms with Crippen molar-refractivity contribution >= 4 is 29.3 Å². The van der Waals surface area contributed by atoms with Gasteiger partial charge >= 0.3 is 12.0 Å². The number of carboxylic acid groups (broad SMARTS) is 1. The molecule has 0 atom stereocenters. The summed E-state index contributed by atoms with van der Waals surface area (Å²) in [6.07, 6.45) is 3.44. The van der Waals surface area contributed by atoms with Crippen LogP contribution in [-0.4, -0.2) is 33.4 Å². The third-order valence-electron chi connectivity index (χ3n) is 2.59. The van der Waals surface area contributed by atoms with Gasteiger partial charge in [-0.25, -0.2) is 9.59 Å². The molecule has 0 unspecified atom stereocenters. The molecule has 0 radical (unpaired) electrons. The Morgan fingerprint density at radius 2 is 2.14 bits per heavy atom. The lowest BCUT2D eigenvalue weighted by Crippen LogP contribution is -2.31. The molecule has 1 heterocycles. The molecule has 0 saturated carbocycles. The summed E-state index contributed by atoms with van der Waals surface area (Å²) in [5.41, 5.74) is 0.325. The third kappa shape index (κ3) is 4.50. The Bertz CT molecular complexity index is 643. The van der Waals surface area contributed by atoms with Gasteiger partial charge in [-0.3, -0.25) is 4.68 Å². The molecule has 0 fully saturated rings. The van der Waals surface area contributed by atoms with Gasteiger partial charge in [0, 0.05) is 29.6 Å². The van der Waals surface area contributed by atoms with E-state index in [9.17, 15) is 9.59 Å². The zero-order valence-electron chi connectivity index (χ0n) is 10.9. The fraction of sp³-hybridized carbons (Fsp3) is 0.154. The first kappa shape index (κ1) is 14.9. The molecule has 0 bridgehead atoms. The van der Waals surface area contributed by atoms with Gasteiger partial charge in [0.2, 0.25) is 0 Å². The topological polar surface area (TPSA) is 96.3 Å². The number of nitrogens with one attached hydrogen (secondary N) is 2. The first-order chi connectivity index (χ1) is 10.0. The van der Waals surface area contributed by atoms with E-state index in [-0.39, 0.29) is 10.6 Å². The number of anilines is 1. The number of amides is 2. The number of hydrogen-bond acceptors (Lipinski definition) is 3. The number of halogens is 1. The molecule has 2 amide bonds. The van der Waals surface area contributed by atoms with Crippen LogP contribution in [0.5, 0.6) is 0 Å². The van der Waals surface area contributed by atoms with E-state index in [4.69, 9.17) is 16.7 Å². The summed E-state index contributed by atoms with van der Waals surface area (Å²) in [5, 5.41) is 18.3. The summed E-state index contributed by atoms with van der Waals surface area (Å²) >= 11 is 5.80. The van der Waals surface area contributed by atoms with Crippen LogP contribution in [0.15, 0.2) is 36.7 Å². The van der Waals surface area contributed by atoms with Gasteiger partial charge in [-0.2, -0.15) is 5.10 Å². The van der Waals surface area contributed by atoms with Crippen LogP contribution in [0.25, 0.3) is 0 Å². The number of aromatic carboxylic acids is 1. The second-order valence-electron chi connectivity index (χ2n) is 4.18. The smallest absolute Gasteiger partial charge is 0.335 e. The zero-order valence-corrected chi connectivity index (χ0v) is 11.7. The lowest BCUT2D eigenvalue weighted by atomic mass is 10.2. The zero-order chi connectivity index (χ0) is 15.2. The van der Waals surface area contributed by atoms with E-state index in [0.717, 1.165) is 0 Å². The van der Waals surface area contributed by atoms with Crippen molar-refractivity contribution in [2.45, 2.75) is 6.54 Å². The van der Waals surface area contributed by atoms with Crippen molar-refractivity contribution in [2.24, 2.45) is 0 Å². The number of carbonyl (C=O) groups is 2. The molecule has 0 aliphatic heterocycles. The first-order valence-corrected chi connectivity index (χ1v) is 6.48. The third-order valence-corrected chi connectivity index (χ3v) is 2.81. The van der Waals surface area contributed by atoms with Crippen LogP contribution in [0.4, 0.5) is 10.5 Å². The average molecular weight is 309 g/mol. The second-order valence-corrected chi connectivity index (χ2v) is 4.62. The molecule has 1 aromatic carbocycles. The minimum absolute atomic E-state index is 0.00865. The maximum atomic E-state index is 11.7. The average Bonchev–Trinajstić information content (AvgIpc) is 2.91. The lowest BCUT2D eigenvalue weighted by Gasteiger charge is -2.09. The minimum atomic E-state index is -1.11. The van der Waals surface area contributed by atoms with E-state index in [1.54, 1.807) is 23.1 Å². The van der Waals surface area contributed by atoms with Crippen molar-refractivity contribution in [3.8, 4) is 0 Å². The maximum absolute atomic E-state index is 11.7. The largest absolute Gasteiger partial charge is 0.478 e. The van der Waals surface area contributed by atoms with E-state index < -0.39 is 12.0 Å². The SMILES string of the molecule is O=C(NCCn1cccn1)Nc1cc(Cl)cc(C(=O)O)c1. The van der Waals surface area contributed by atoms with Gasteiger partial charge in [0.25, 0.3) is 0 Å². The van der Waals surface area contributed by atoms with Gasteiger partial charge < -0.3 is 15.7 Å². The van der Waals surface area contributed by atoms with Crippen LogP contribution in [-0.2, 0) is 6.54 Å². The highest BCUT2D eigenvalue weighted by Crippen LogP contribution is 2.19. The van der Waals surface area contributed by atoms with Crippen molar-refractivity contribution in [3.63, 3.8) is 0 Å². The fourth-order valence-corrected chi connectivity index (χ4v) is 1.91. The van der Waals surface area contributed by atoms with E-state index in [0.29, 0.717) is 18.8 Å². The number of benzene rings is 1. The molecule has 7 nitrogen and oxygen atoms in total. The van der Waals surface area contributed by atoms with Crippen LogP contribution in [0, 0.1) is 0 Å². The van der Waals surface area contributed by atoms with Gasteiger partial charge in [-0.05, 0) is 24.3 Å². The molecule has 8 heteroatoms. The number of urea groups is 1. The molecule has 1 aromatic heterocycles. The summed E-state index contributed by atoms with van der Waals surface area (Å²) in [7, 11) is 0.